The second-order valence-electron chi connectivity index (χ2n) is 4.62. The van der Waals surface area contributed by atoms with Crippen LogP contribution >= 0.6 is 0 Å². The highest BCUT2D eigenvalue weighted by Crippen LogP contribution is 2.34. The van der Waals surface area contributed by atoms with Crippen LogP contribution in [0, 0.1) is 0 Å². The molecule has 104 valence electrons. The van der Waals surface area contributed by atoms with Crippen LogP contribution in [0.1, 0.15) is 26.2 Å². The molecule has 1 aliphatic rings. The lowest BCUT2D eigenvalue weighted by Gasteiger charge is -2.10. The monoisotopic (exact) mass is 264 g/mol. The topological polar surface area (TPSA) is 48.1 Å². The zero-order chi connectivity index (χ0) is 13.6. The fourth-order valence-electron chi connectivity index (χ4n) is 1.93. The fraction of sp³-hybridized carbons (Fsp3) is 0.533. The van der Waals surface area contributed by atoms with Crippen LogP contribution in [0.2, 0.25) is 0 Å². The molecule has 1 aromatic carbocycles. The minimum Gasteiger partial charge on any atom is -0.494 e. The van der Waals surface area contributed by atoms with Gasteiger partial charge in [0.2, 0.25) is 0 Å². The third-order valence-corrected chi connectivity index (χ3v) is 3.13. The van der Waals surface area contributed by atoms with Gasteiger partial charge in [0, 0.05) is 0 Å². The first-order valence-corrected chi connectivity index (χ1v) is 6.76. The van der Waals surface area contributed by atoms with E-state index in [0.29, 0.717) is 26.2 Å². The quantitative estimate of drug-likeness (QED) is 0.411. The van der Waals surface area contributed by atoms with Crippen molar-refractivity contribution in [3.63, 3.8) is 0 Å². The minimum absolute atomic E-state index is 0.223. The maximum atomic E-state index is 11.6. The Balaban J connectivity index is 1.61. The second kappa shape index (κ2) is 6.57. The van der Waals surface area contributed by atoms with E-state index in [9.17, 15) is 4.79 Å². The molecule has 2 rings (SSSR count). The van der Waals surface area contributed by atoms with Crippen LogP contribution in [0.4, 0.5) is 0 Å². The standard InChI is InChI=1S/C15H20O4/c1-2-17-14(16)15(12-19-15)10-6-7-11-18-13-8-4-3-5-9-13/h3-5,8-9H,2,6-7,10-12H2,1H3. The van der Waals surface area contributed by atoms with Gasteiger partial charge in [0.15, 0.2) is 5.60 Å². The van der Waals surface area contributed by atoms with Crippen LogP contribution in [-0.2, 0) is 14.3 Å². The molecule has 0 aromatic heterocycles. The van der Waals surface area contributed by atoms with Crippen molar-refractivity contribution in [1.29, 1.82) is 0 Å². The summed E-state index contributed by atoms with van der Waals surface area (Å²) in [4.78, 5) is 11.6. The average molecular weight is 264 g/mol. The molecule has 0 aliphatic carbocycles. The molecule has 1 aromatic rings. The van der Waals surface area contributed by atoms with E-state index in [1.165, 1.54) is 0 Å². The van der Waals surface area contributed by atoms with Gasteiger partial charge in [-0.25, -0.2) is 4.79 Å². The number of epoxide rings is 1. The molecule has 0 spiro atoms. The van der Waals surface area contributed by atoms with Gasteiger partial charge in [-0.05, 0) is 38.3 Å². The highest BCUT2D eigenvalue weighted by molar-refractivity contribution is 5.82. The van der Waals surface area contributed by atoms with E-state index in [1.54, 1.807) is 0 Å². The van der Waals surface area contributed by atoms with E-state index in [1.807, 2.05) is 37.3 Å². The van der Waals surface area contributed by atoms with Gasteiger partial charge >= 0.3 is 5.97 Å². The van der Waals surface area contributed by atoms with Crippen molar-refractivity contribution in [2.45, 2.75) is 31.8 Å². The minimum atomic E-state index is -0.650. The molecule has 1 heterocycles. The summed E-state index contributed by atoms with van der Waals surface area (Å²) in [5.41, 5.74) is -0.650. The molecule has 0 N–H and O–H groups in total. The lowest BCUT2D eigenvalue weighted by Crippen LogP contribution is -2.27. The van der Waals surface area contributed by atoms with Gasteiger partial charge in [-0.1, -0.05) is 18.2 Å². The zero-order valence-electron chi connectivity index (χ0n) is 11.3. The Hall–Kier alpha value is -1.55. The number of benzene rings is 1. The Bertz CT molecular complexity index is 398. The van der Waals surface area contributed by atoms with E-state index in [2.05, 4.69) is 0 Å². The molecule has 1 atom stereocenters. The number of hydrogen-bond acceptors (Lipinski definition) is 4. The van der Waals surface area contributed by atoms with Crippen molar-refractivity contribution in [3.8, 4) is 5.75 Å². The van der Waals surface area contributed by atoms with E-state index in [-0.39, 0.29) is 5.97 Å². The maximum absolute atomic E-state index is 11.6. The Morgan fingerprint density at radius 3 is 2.68 bits per heavy atom. The number of rotatable bonds is 8. The smallest absolute Gasteiger partial charge is 0.340 e. The van der Waals surface area contributed by atoms with Gasteiger partial charge in [-0.3, -0.25) is 0 Å². The zero-order valence-corrected chi connectivity index (χ0v) is 11.3. The van der Waals surface area contributed by atoms with Crippen molar-refractivity contribution >= 4 is 5.97 Å². The molecule has 0 saturated carbocycles. The van der Waals surface area contributed by atoms with Crippen molar-refractivity contribution in [2.75, 3.05) is 19.8 Å². The summed E-state index contributed by atoms with van der Waals surface area (Å²) < 4.78 is 15.9. The maximum Gasteiger partial charge on any atom is 0.340 e. The van der Waals surface area contributed by atoms with Crippen LogP contribution in [0.15, 0.2) is 30.3 Å². The Morgan fingerprint density at radius 1 is 1.32 bits per heavy atom. The summed E-state index contributed by atoms with van der Waals surface area (Å²) in [5.74, 6) is 0.657. The van der Waals surface area contributed by atoms with Crippen LogP contribution in [0.3, 0.4) is 0 Å². The lowest BCUT2D eigenvalue weighted by molar-refractivity contribution is -0.149. The molecule has 0 bridgehead atoms. The van der Waals surface area contributed by atoms with Crippen molar-refractivity contribution < 1.29 is 19.0 Å². The van der Waals surface area contributed by atoms with Gasteiger partial charge < -0.3 is 14.2 Å². The number of hydrogen-bond donors (Lipinski definition) is 0. The number of para-hydroxylation sites is 1. The second-order valence-corrected chi connectivity index (χ2v) is 4.62. The summed E-state index contributed by atoms with van der Waals surface area (Å²) in [7, 11) is 0. The molecule has 0 amide bonds. The fourth-order valence-corrected chi connectivity index (χ4v) is 1.93. The SMILES string of the molecule is CCOC(=O)C1(CCCCOc2ccccc2)CO1. The Morgan fingerprint density at radius 2 is 2.05 bits per heavy atom. The van der Waals surface area contributed by atoms with Crippen molar-refractivity contribution in [1.82, 2.24) is 0 Å². The van der Waals surface area contributed by atoms with Gasteiger partial charge in [-0.2, -0.15) is 0 Å². The summed E-state index contributed by atoms with van der Waals surface area (Å²) in [5, 5.41) is 0. The molecule has 1 fully saturated rings. The molecule has 4 nitrogen and oxygen atoms in total. The van der Waals surface area contributed by atoms with Gasteiger partial charge in [-0.15, -0.1) is 0 Å². The third kappa shape index (κ3) is 3.96. The summed E-state index contributed by atoms with van der Waals surface area (Å²) in [6, 6.07) is 9.72. The molecule has 1 saturated heterocycles. The largest absolute Gasteiger partial charge is 0.494 e. The molecule has 19 heavy (non-hydrogen) atoms. The summed E-state index contributed by atoms with van der Waals surface area (Å²) in [6.45, 7) is 3.36. The van der Waals surface area contributed by atoms with E-state index in [0.717, 1.165) is 18.6 Å². The molecule has 0 radical (unpaired) electrons. The van der Waals surface area contributed by atoms with E-state index >= 15 is 0 Å². The predicted molar refractivity (Wildman–Crippen MR) is 71.1 cm³/mol. The predicted octanol–water partition coefficient (Wildman–Crippen LogP) is 2.57. The van der Waals surface area contributed by atoms with Crippen molar-refractivity contribution in [2.24, 2.45) is 0 Å². The average Bonchev–Trinajstić information content (AvgIpc) is 3.21. The highest BCUT2D eigenvalue weighted by Gasteiger charge is 2.52. The van der Waals surface area contributed by atoms with Gasteiger partial charge in [0.1, 0.15) is 5.75 Å². The highest BCUT2D eigenvalue weighted by atomic mass is 16.6. The number of carbonyl (C=O) groups excluding carboxylic acids is 1. The molecule has 1 aliphatic heterocycles. The molecule has 1 unspecified atom stereocenters. The van der Waals surface area contributed by atoms with Crippen LogP contribution < -0.4 is 4.74 Å². The van der Waals surface area contributed by atoms with Crippen LogP contribution in [0.5, 0.6) is 5.75 Å². The molecule has 4 heteroatoms. The number of unbranched alkanes of at least 4 members (excludes halogenated alkanes) is 1. The van der Waals surface area contributed by atoms with Gasteiger partial charge in [0.05, 0.1) is 19.8 Å². The first-order valence-electron chi connectivity index (χ1n) is 6.76. The third-order valence-electron chi connectivity index (χ3n) is 3.13. The van der Waals surface area contributed by atoms with E-state index < -0.39 is 5.60 Å². The summed E-state index contributed by atoms with van der Waals surface area (Å²) in [6.07, 6.45) is 2.51. The number of carbonyl (C=O) groups is 1. The first kappa shape index (κ1) is 13.9. The van der Waals surface area contributed by atoms with E-state index in [4.69, 9.17) is 14.2 Å². The summed E-state index contributed by atoms with van der Waals surface area (Å²) >= 11 is 0. The number of esters is 1. The molecular weight excluding hydrogens is 244 g/mol. The first-order chi connectivity index (χ1) is 9.27. The normalized spacial score (nSPS) is 20.9. The Labute approximate surface area is 113 Å². The number of ether oxygens (including phenoxy) is 3. The van der Waals surface area contributed by atoms with Crippen LogP contribution in [-0.4, -0.2) is 31.4 Å². The Kier molecular flexibility index (Phi) is 4.80. The lowest BCUT2D eigenvalue weighted by atomic mass is 10.0. The van der Waals surface area contributed by atoms with Crippen LogP contribution in [0.25, 0.3) is 0 Å². The van der Waals surface area contributed by atoms with Crippen molar-refractivity contribution in [3.05, 3.63) is 30.3 Å². The molecular formula is C15H20O4. The van der Waals surface area contributed by atoms with Gasteiger partial charge in [0.25, 0.3) is 0 Å².